The van der Waals surface area contributed by atoms with Crippen LogP contribution in [0.1, 0.15) is 124 Å². The molecule has 4 heteroatoms. The van der Waals surface area contributed by atoms with Crippen LogP contribution in [-0.4, -0.2) is 24.6 Å². The van der Waals surface area contributed by atoms with Crippen molar-refractivity contribution in [3.05, 3.63) is 0 Å². The van der Waals surface area contributed by atoms with E-state index in [-0.39, 0.29) is 24.6 Å². The zero-order chi connectivity index (χ0) is 20.2. The van der Waals surface area contributed by atoms with E-state index in [1.807, 2.05) is 0 Å². The summed E-state index contributed by atoms with van der Waals surface area (Å²) in [5, 5.41) is 0. The van der Waals surface area contributed by atoms with E-state index in [2.05, 4.69) is 13.8 Å². The maximum atomic E-state index is 11.8. The molecule has 0 bridgehead atoms. The van der Waals surface area contributed by atoms with Crippen molar-refractivity contribution in [3.63, 3.8) is 0 Å². The van der Waals surface area contributed by atoms with E-state index in [0.717, 1.165) is 25.7 Å². The summed E-state index contributed by atoms with van der Waals surface area (Å²) in [6.07, 6.45) is 17.1. The van der Waals surface area contributed by atoms with Crippen LogP contribution < -0.4 is 0 Å². The molecule has 0 amide bonds. The average Bonchev–Trinajstić information content (AvgIpc) is 2.65. The van der Waals surface area contributed by atoms with Gasteiger partial charge in [0.15, 0.2) is 0 Å². The molecule has 4 nitrogen and oxygen atoms in total. The summed E-state index contributed by atoms with van der Waals surface area (Å²) < 4.78 is 10.5. The fourth-order valence-electron chi connectivity index (χ4n) is 3.05. The highest BCUT2D eigenvalue weighted by atomic mass is 16.6. The Morgan fingerprint density at radius 1 is 0.630 bits per heavy atom. The number of hydrogen-bond donors (Lipinski definition) is 0. The lowest BCUT2D eigenvalue weighted by Crippen LogP contribution is -2.22. The summed E-state index contributed by atoms with van der Waals surface area (Å²) in [6.45, 7) is 6.37. The lowest BCUT2D eigenvalue weighted by Gasteiger charge is -2.13. The number of ether oxygens (including phenoxy) is 2. The van der Waals surface area contributed by atoms with Gasteiger partial charge in [-0.05, 0) is 19.8 Å². The molecular weight excluding hydrogens is 340 g/mol. The second kappa shape index (κ2) is 19.7. The predicted molar refractivity (Wildman–Crippen MR) is 112 cm³/mol. The van der Waals surface area contributed by atoms with E-state index in [1.165, 1.54) is 64.2 Å². The maximum Gasteiger partial charge on any atom is 0.306 e. The van der Waals surface area contributed by atoms with Crippen LogP contribution in [-0.2, 0) is 19.1 Å². The molecule has 0 fully saturated rings. The molecule has 0 heterocycles. The first-order valence-corrected chi connectivity index (χ1v) is 11.4. The third kappa shape index (κ3) is 19.5. The Kier molecular flexibility index (Phi) is 18.9. The number of carbonyl (C=O) groups excluding carboxylic acids is 2. The molecule has 0 rings (SSSR count). The summed E-state index contributed by atoms with van der Waals surface area (Å²) in [5.41, 5.74) is 0. The Morgan fingerprint density at radius 3 is 1.52 bits per heavy atom. The van der Waals surface area contributed by atoms with Gasteiger partial charge in [-0.3, -0.25) is 9.59 Å². The van der Waals surface area contributed by atoms with Gasteiger partial charge in [0.2, 0.25) is 0 Å². The minimum absolute atomic E-state index is 0.165. The van der Waals surface area contributed by atoms with Crippen molar-refractivity contribution < 1.29 is 19.1 Å². The van der Waals surface area contributed by atoms with Crippen LogP contribution in [0, 0.1) is 0 Å². The molecule has 0 spiro atoms. The number of rotatable bonds is 19. The predicted octanol–water partition coefficient (Wildman–Crippen LogP) is 6.74. The molecule has 27 heavy (non-hydrogen) atoms. The largest absolute Gasteiger partial charge is 0.462 e. The van der Waals surface area contributed by atoms with Crippen molar-refractivity contribution in [2.75, 3.05) is 6.61 Å². The smallest absolute Gasteiger partial charge is 0.306 e. The van der Waals surface area contributed by atoms with Crippen LogP contribution in [0.3, 0.4) is 0 Å². The van der Waals surface area contributed by atoms with Crippen LogP contribution in [0.5, 0.6) is 0 Å². The highest BCUT2D eigenvalue weighted by Gasteiger charge is 2.12. The van der Waals surface area contributed by atoms with Crippen LogP contribution in [0.25, 0.3) is 0 Å². The van der Waals surface area contributed by atoms with E-state index in [1.54, 1.807) is 6.92 Å². The normalized spacial score (nSPS) is 12.0. The molecule has 0 saturated carbocycles. The zero-order valence-corrected chi connectivity index (χ0v) is 18.2. The van der Waals surface area contributed by atoms with Crippen molar-refractivity contribution in [2.45, 2.75) is 130 Å². The van der Waals surface area contributed by atoms with Gasteiger partial charge in [-0.15, -0.1) is 0 Å². The van der Waals surface area contributed by atoms with Crippen LogP contribution >= 0.6 is 0 Å². The monoisotopic (exact) mass is 384 g/mol. The van der Waals surface area contributed by atoms with Crippen LogP contribution in [0.15, 0.2) is 0 Å². The molecule has 0 aliphatic carbocycles. The number of carbonyl (C=O) groups is 2. The SMILES string of the molecule is CCCCCCCCCC(=O)OCC(C)OC(=O)CCCCCCCCC. The molecule has 1 unspecified atom stereocenters. The number of hydrogen-bond acceptors (Lipinski definition) is 4. The molecule has 1 atom stereocenters. The standard InChI is InChI=1S/C23H44O4/c1-4-6-8-10-12-14-16-18-22(24)26-20-21(3)27-23(25)19-17-15-13-11-9-7-5-2/h21H,4-20H2,1-3H3. The van der Waals surface area contributed by atoms with E-state index < -0.39 is 0 Å². The van der Waals surface area contributed by atoms with Gasteiger partial charge in [0.05, 0.1) is 0 Å². The van der Waals surface area contributed by atoms with Gasteiger partial charge in [-0.1, -0.05) is 90.9 Å². The first-order chi connectivity index (χ1) is 13.1. The average molecular weight is 385 g/mol. The Hall–Kier alpha value is -1.06. The van der Waals surface area contributed by atoms with Gasteiger partial charge in [-0.25, -0.2) is 0 Å². The Morgan fingerprint density at radius 2 is 1.04 bits per heavy atom. The van der Waals surface area contributed by atoms with E-state index in [4.69, 9.17) is 9.47 Å². The Labute approximate surface area is 167 Å². The summed E-state index contributed by atoms with van der Waals surface area (Å²) in [5.74, 6) is -0.363. The van der Waals surface area contributed by atoms with Crippen molar-refractivity contribution >= 4 is 11.9 Å². The summed E-state index contributed by atoms with van der Waals surface area (Å²) in [4.78, 5) is 23.5. The van der Waals surface area contributed by atoms with Gasteiger partial charge < -0.3 is 9.47 Å². The van der Waals surface area contributed by atoms with Crippen molar-refractivity contribution in [2.24, 2.45) is 0 Å². The first kappa shape index (κ1) is 25.9. The Bertz CT molecular complexity index is 354. The van der Waals surface area contributed by atoms with Gasteiger partial charge in [0, 0.05) is 12.8 Å². The van der Waals surface area contributed by atoms with Gasteiger partial charge >= 0.3 is 11.9 Å². The van der Waals surface area contributed by atoms with Crippen molar-refractivity contribution in [1.29, 1.82) is 0 Å². The highest BCUT2D eigenvalue weighted by molar-refractivity contribution is 5.70. The molecule has 0 saturated heterocycles. The van der Waals surface area contributed by atoms with E-state index in [9.17, 15) is 9.59 Å². The molecule has 0 N–H and O–H groups in total. The molecule has 0 aromatic rings. The van der Waals surface area contributed by atoms with Gasteiger partial charge in [0.25, 0.3) is 0 Å². The number of unbranched alkanes of at least 4 members (excludes halogenated alkanes) is 12. The minimum Gasteiger partial charge on any atom is -0.462 e. The quantitative estimate of drug-likeness (QED) is 0.183. The second-order valence-electron chi connectivity index (χ2n) is 7.73. The lowest BCUT2D eigenvalue weighted by atomic mass is 10.1. The third-order valence-corrected chi connectivity index (χ3v) is 4.78. The molecule has 0 aromatic heterocycles. The van der Waals surface area contributed by atoms with Gasteiger partial charge in [0.1, 0.15) is 12.7 Å². The summed E-state index contributed by atoms with van der Waals surface area (Å²) >= 11 is 0. The fourth-order valence-corrected chi connectivity index (χ4v) is 3.05. The molecule has 0 aliphatic rings. The minimum atomic E-state index is -0.361. The van der Waals surface area contributed by atoms with Crippen LogP contribution in [0.2, 0.25) is 0 Å². The topological polar surface area (TPSA) is 52.6 Å². The van der Waals surface area contributed by atoms with Crippen molar-refractivity contribution in [3.8, 4) is 0 Å². The van der Waals surface area contributed by atoms with E-state index >= 15 is 0 Å². The maximum absolute atomic E-state index is 11.8. The fraction of sp³-hybridized carbons (Fsp3) is 0.913. The highest BCUT2D eigenvalue weighted by Crippen LogP contribution is 2.10. The zero-order valence-electron chi connectivity index (χ0n) is 18.2. The van der Waals surface area contributed by atoms with Crippen LogP contribution in [0.4, 0.5) is 0 Å². The van der Waals surface area contributed by atoms with Gasteiger partial charge in [-0.2, -0.15) is 0 Å². The molecule has 160 valence electrons. The molecule has 0 aromatic carbocycles. The molecule has 0 radical (unpaired) electrons. The second-order valence-corrected chi connectivity index (χ2v) is 7.73. The van der Waals surface area contributed by atoms with E-state index in [0.29, 0.717) is 12.8 Å². The molecule has 0 aliphatic heterocycles. The molecular formula is C23H44O4. The summed E-state index contributed by atoms with van der Waals surface area (Å²) in [7, 11) is 0. The lowest BCUT2D eigenvalue weighted by molar-refractivity contribution is -0.158. The summed E-state index contributed by atoms with van der Waals surface area (Å²) in [6, 6.07) is 0. The Balaban J connectivity index is 3.50. The third-order valence-electron chi connectivity index (χ3n) is 4.78. The number of esters is 2. The first-order valence-electron chi connectivity index (χ1n) is 11.4. The van der Waals surface area contributed by atoms with Crippen molar-refractivity contribution in [1.82, 2.24) is 0 Å².